The predicted molar refractivity (Wildman–Crippen MR) is 86.0 cm³/mol. The van der Waals surface area contributed by atoms with E-state index in [0.717, 1.165) is 29.7 Å². The van der Waals surface area contributed by atoms with Crippen LogP contribution in [0.4, 0.5) is 0 Å². The first-order valence-corrected chi connectivity index (χ1v) is 7.60. The summed E-state index contributed by atoms with van der Waals surface area (Å²) in [7, 11) is 0. The summed E-state index contributed by atoms with van der Waals surface area (Å²) in [6.07, 6.45) is 3.41. The molecule has 2 aromatic rings. The van der Waals surface area contributed by atoms with Gasteiger partial charge in [0.15, 0.2) is 0 Å². The molecule has 0 saturated heterocycles. The molecule has 21 heavy (non-hydrogen) atoms. The number of aliphatic hydroxyl groups excluding tert-OH is 1. The van der Waals surface area contributed by atoms with Crippen molar-refractivity contribution in [3.05, 3.63) is 65.5 Å². The van der Waals surface area contributed by atoms with Crippen molar-refractivity contribution in [2.24, 2.45) is 0 Å². The van der Waals surface area contributed by atoms with Crippen LogP contribution in [0.3, 0.4) is 0 Å². The summed E-state index contributed by atoms with van der Waals surface area (Å²) < 4.78 is 0. The predicted octanol–water partition coefficient (Wildman–Crippen LogP) is 3.55. The largest absolute Gasteiger partial charge is 0.387 e. The molecule has 0 aliphatic heterocycles. The Kier molecular flexibility index (Phi) is 5.90. The van der Waals surface area contributed by atoms with Crippen molar-refractivity contribution in [2.75, 3.05) is 6.54 Å². The lowest BCUT2D eigenvalue weighted by Gasteiger charge is -2.21. The number of pyridine rings is 1. The van der Waals surface area contributed by atoms with E-state index >= 15 is 0 Å². The highest BCUT2D eigenvalue weighted by molar-refractivity contribution is 5.27. The first-order valence-electron chi connectivity index (χ1n) is 7.60. The number of aromatic nitrogens is 1. The van der Waals surface area contributed by atoms with Crippen LogP contribution in [0.5, 0.6) is 0 Å². The molecular formula is C18H24N2O. The summed E-state index contributed by atoms with van der Waals surface area (Å²) in [5.41, 5.74) is 3.15. The SMILES string of the molecule is CCCC(NCC(O)c1ccccc1C)c1ccccn1. The zero-order valence-corrected chi connectivity index (χ0v) is 12.8. The maximum Gasteiger partial charge on any atom is 0.0917 e. The van der Waals surface area contributed by atoms with E-state index in [0.29, 0.717) is 6.54 Å². The average molecular weight is 284 g/mol. The zero-order valence-electron chi connectivity index (χ0n) is 12.8. The van der Waals surface area contributed by atoms with Crippen LogP contribution < -0.4 is 5.32 Å². The van der Waals surface area contributed by atoms with Crippen LogP contribution in [0.1, 0.15) is 48.7 Å². The van der Waals surface area contributed by atoms with E-state index in [4.69, 9.17) is 0 Å². The number of aliphatic hydroxyl groups is 1. The molecule has 0 bridgehead atoms. The lowest BCUT2D eigenvalue weighted by atomic mass is 10.0. The summed E-state index contributed by atoms with van der Waals surface area (Å²) in [6, 6.07) is 14.1. The van der Waals surface area contributed by atoms with Gasteiger partial charge in [0.1, 0.15) is 0 Å². The van der Waals surface area contributed by atoms with Crippen molar-refractivity contribution in [3.8, 4) is 0 Å². The van der Waals surface area contributed by atoms with Crippen LogP contribution in [0.15, 0.2) is 48.7 Å². The second kappa shape index (κ2) is 7.91. The highest BCUT2D eigenvalue weighted by Crippen LogP contribution is 2.20. The Morgan fingerprint density at radius 3 is 2.57 bits per heavy atom. The normalized spacial score (nSPS) is 13.9. The van der Waals surface area contributed by atoms with Crippen molar-refractivity contribution >= 4 is 0 Å². The number of hydrogen-bond donors (Lipinski definition) is 2. The van der Waals surface area contributed by atoms with Crippen LogP contribution in [-0.2, 0) is 0 Å². The molecule has 3 nitrogen and oxygen atoms in total. The van der Waals surface area contributed by atoms with Crippen LogP contribution in [0, 0.1) is 6.92 Å². The molecule has 1 aromatic carbocycles. The summed E-state index contributed by atoms with van der Waals surface area (Å²) in [6.45, 7) is 4.72. The summed E-state index contributed by atoms with van der Waals surface area (Å²) >= 11 is 0. The summed E-state index contributed by atoms with van der Waals surface area (Å²) in [5.74, 6) is 0. The molecule has 0 saturated carbocycles. The smallest absolute Gasteiger partial charge is 0.0917 e. The van der Waals surface area contributed by atoms with Gasteiger partial charge < -0.3 is 10.4 Å². The van der Waals surface area contributed by atoms with E-state index in [1.807, 2.05) is 55.6 Å². The van der Waals surface area contributed by atoms with Crippen molar-refractivity contribution in [1.29, 1.82) is 0 Å². The lowest BCUT2D eigenvalue weighted by molar-refractivity contribution is 0.168. The highest BCUT2D eigenvalue weighted by atomic mass is 16.3. The molecule has 2 N–H and O–H groups in total. The molecular weight excluding hydrogens is 260 g/mol. The molecule has 0 fully saturated rings. The van der Waals surface area contributed by atoms with Gasteiger partial charge in [-0.1, -0.05) is 43.7 Å². The van der Waals surface area contributed by atoms with Crippen LogP contribution >= 0.6 is 0 Å². The first-order chi connectivity index (χ1) is 10.2. The van der Waals surface area contributed by atoms with E-state index in [1.165, 1.54) is 0 Å². The van der Waals surface area contributed by atoms with Crippen LogP contribution in [0.2, 0.25) is 0 Å². The van der Waals surface area contributed by atoms with Gasteiger partial charge in [-0.2, -0.15) is 0 Å². The van der Waals surface area contributed by atoms with Crippen LogP contribution in [-0.4, -0.2) is 16.6 Å². The minimum atomic E-state index is -0.491. The van der Waals surface area contributed by atoms with Gasteiger partial charge >= 0.3 is 0 Å². The second-order valence-corrected chi connectivity index (χ2v) is 5.38. The minimum Gasteiger partial charge on any atom is -0.387 e. The fourth-order valence-electron chi connectivity index (χ4n) is 2.55. The average Bonchev–Trinajstić information content (AvgIpc) is 2.52. The number of aryl methyl sites for hydroxylation is 1. The number of benzene rings is 1. The van der Waals surface area contributed by atoms with E-state index < -0.39 is 6.10 Å². The number of nitrogens with zero attached hydrogens (tertiary/aromatic N) is 1. The fraction of sp³-hybridized carbons (Fsp3) is 0.389. The number of nitrogens with one attached hydrogen (secondary N) is 1. The Hall–Kier alpha value is -1.71. The molecule has 112 valence electrons. The highest BCUT2D eigenvalue weighted by Gasteiger charge is 2.15. The maximum absolute atomic E-state index is 10.4. The Balaban J connectivity index is 2.00. The minimum absolute atomic E-state index is 0.190. The molecule has 3 heteroatoms. The Labute approximate surface area is 127 Å². The standard InChI is InChI=1S/C18H24N2O/c1-3-8-16(17-11-6-7-12-19-17)20-13-18(21)15-10-5-4-9-14(15)2/h4-7,9-12,16,18,20-21H,3,8,13H2,1-2H3. The van der Waals surface area contributed by atoms with Gasteiger partial charge in [0.05, 0.1) is 11.8 Å². The molecule has 0 spiro atoms. The topological polar surface area (TPSA) is 45.1 Å². The van der Waals surface area contributed by atoms with Crippen molar-refractivity contribution in [3.63, 3.8) is 0 Å². The van der Waals surface area contributed by atoms with E-state index in [1.54, 1.807) is 0 Å². The van der Waals surface area contributed by atoms with Gasteiger partial charge in [-0.05, 0) is 36.6 Å². The molecule has 0 aliphatic rings. The lowest BCUT2D eigenvalue weighted by Crippen LogP contribution is -2.27. The van der Waals surface area contributed by atoms with Gasteiger partial charge in [0.25, 0.3) is 0 Å². The monoisotopic (exact) mass is 284 g/mol. The van der Waals surface area contributed by atoms with E-state index in [9.17, 15) is 5.11 Å². The summed E-state index contributed by atoms with van der Waals surface area (Å²) in [4.78, 5) is 4.42. The van der Waals surface area contributed by atoms with Gasteiger partial charge in [-0.15, -0.1) is 0 Å². The zero-order chi connectivity index (χ0) is 15.1. The third-order valence-electron chi connectivity index (χ3n) is 3.73. The third-order valence-corrected chi connectivity index (χ3v) is 3.73. The molecule has 0 aliphatic carbocycles. The van der Waals surface area contributed by atoms with E-state index in [-0.39, 0.29) is 6.04 Å². The van der Waals surface area contributed by atoms with Gasteiger partial charge in [0, 0.05) is 18.8 Å². The molecule has 0 radical (unpaired) electrons. The number of hydrogen-bond acceptors (Lipinski definition) is 3. The first kappa shape index (κ1) is 15.7. The van der Waals surface area contributed by atoms with Crippen molar-refractivity contribution < 1.29 is 5.11 Å². The Morgan fingerprint density at radius 2 is 1.90 bits per heavy atom. The quantitative estimate of drug-likeness (QED) is 0.817. The second-order valence-electron chi connectivity index (χ2n) is 5.38. The molecule has 2 atom stereocenters. The third kappa shape index (κ3) is 4.38. The Bertz CT molecular complexity index is 542. The van der Waals surface area contributed by atoms with Crippen LogP contribution in [0.25, 0.3) is 0 Å². The molecule has 1 heterocycles. The fourth-order valence-corrected chi connectivity index (χ4v) is 2.55. The molecule has 2 unspecified atom stereocenters. The number of rotatable bonds is 7. The molecule has 2 rings (SSSR count). The maximum atomic E-state index is 10.4. The van der Waals surface area contributed by atoms with Gasteiger partial charge in [-0.25, -0.2) is 0 Å². The molecule has 1 aromatic heterocycles. The summed E-state index contributed by atoms with van der Waals surface area (Å²) in [5, 5.41) is 13.8. The van der Waals surface area contributed by atoms with Crippen molar-refractivity contribution in [2.45, 2.75) is 38.8 Å². The van der Waals surface area contributed by atoms with Gasteiger partial charge in [0.2, 0.25) is 0 Å². The van der Waals surface area contributed by atoms with Crippen molar-refractivity contribution in [1.82, 2.24) is 10.3 Å². The van der Waals surface area contributed by atoms with E-state index in [2.05, 4.69) is 17.2 Å². The Morgan fingerprint density at radius 1 is 1.14 bits per heavy atom. The molecule has 0 amide bonds. The van der Waals surface area contributed by atoms with Gasteiger partial charge in [-0.3, -0.25) is 4.98 Å².